The second-order valence-corrected chi connectivity index (χ2v) is 7.72. The van der Waals surface area contributed by atoms with Gasteiger partial charge in [0.05, 0.1) is 29.1 Å². The SMILES string of the molecule is CCOC(=O)c1ccc2c(c1)NC(=O)/C2=C(\Nc1ccc2c(c1)CCN2)c1ccccc1. The highest BCUT2D eigenvalue weighted by Gasteiger charge is 2.29. The Kier molecular flexibility index (Phi) is 5.11. The number of carbonyl (C=O) groups is 2. The van der Waals surface area contributed by atoms with Gasteiger partial charge in [-0.05, 0) is 54.8 Å². The van der Waals surface area contributed by atoms with Crippen LogP contribution >= 0.6 is 0 Å². The van der Waals surface area contributed by atoms with E-state index in [9.17, 15) is 9.59 Å². The highest BCUT2D eigenvalue weighted by molar-refractivity contribution is 6.37. The molecule has 0 bridgehead atoms. The van der Waals surface area contributed by atoms with Crippen molar-refractivity contribution in [2.24, 2.45) is 0 Å². The van der Waals surface area contributed by atoms with Crippen molar-refractivity contribution in [1.29, 1.82) is 0 Å². The normalized spacial score (nSPS) is 15.3. The van der Waals surface area contributed by atoms with Gasteiger partial charge in [0.25, 0.3) is 5.91 Å². The number of rotatable bonds is 5. The van der Waals surface area contributed by atoms with Crippen molar-refractivity contribution in [3.05, 3.63) is 89.0 Å². The predicted octanol–water partition coefficient (Wildman–Crippen LogP) is 4.76. The number of esters is 1. The van der Waals surface area contributed by atoms with Crippen molar-refractivity contribution in [3.63, 3.8) is 0 Å². The van der Waals surface area contributed by atoms with Crippen LogP contribution in [0, 0.1) is 0 Å². The van der Waals surface area contributed by atoms with Crippen molar-refractivity contribution in [3.8, 4) is 0 Å². The first-order chi connectivity index (χ1) is 15.6. The van der Waals surface area contributed by atoms with Gasteiger partial charge < -0.3 is 20.7 Å². The van der Waals surface area contributed by atoms with Gasteiger partial charge in [-0.3, -0.25) is 4.79 Å². The molecule has 2 heterocycles. The molecule has 2 aliphatic heterocycles. The molecule has 0 aromatic heterocycles. The molecule has 0 atom stereocenters. The van der Waals surface area contributed by atoms with E-state index in [0.717, 1.165) is 41.2 Å². The molecule has 3 aromatic rings. The Hall–Kier alpha value is -4.06. The van der Waals surface area contributed by atoms with E-state index >= 15 is 0 Å². The van der Waals surface area contributed by atoms with Gasteiger partial charge in [0.15, 0.2) is 0 Å². The minimum absolute atomic E-state index is 0.213. The van der Waals surface area contributed by atoms with E-state index in [1.165, 1.54) is 5.56 Å². The summed E-state index contributed by atoms with van der Waals surface area (Å²) in [6.07, 6.45) is 0.974. The van der Waals surface area contributed by atoms with Gasteiger partial charge in [0.2, 0.25) is 0 Å². The Balaban J connectivity index is 1.61. The lowest BCUT2D eigenvalue weighted by atomic mass is 9.99. The largest absolute Gasteiger partial charge is 0.462 e. The summed E-state index contributed by atoms with van der Waals surface area (Å²) in [5.41, 5.74) is 7.25. The molecule has 3 N–H and O–H groups in total. The van der Waals surface area contributed by atoms with Crippen LogP contribution in [0.25, 0.3) is 11.3 Å². The Morgan fingerprint density at radius 3 is 2.66 bits per heavy atom. The molecule has 0 fully saturated rings. The third-order valence-electron chi connectivity index (χ3n) is 5.67. The third kappa shape index (κ3) is 3.60. The van der Waals surface area contributed by atoms with Crippen LogP contribution in [0.15, 0.2) is 66.7 Å². The fraction of sp³-hybridized carbons (Fsp3) is 0.154. The van der Waals surface area contributed by atoms with Crippen LogP contribution in [-0.2, 0) is 16.0 Å². The van der Waals surface area contributed by atoms with E-state index < -0.39 is 5.97 Å². The molecule has 32 heavy (non-hydrogen) atoms. The maximum Gasteiger partial charge on any atom is 0.338 e. The minimum Gasteiger partial charge on any atom is -0.462 e. The number of amides is 1. The van der Waals surface area contributed by atoms with E-state index in [-0.39, 0.29) is 5.91 Å². The highest BCUT2D eigenvalue weighted by Crippen LogP contribution is 2.38. The smallest absolute Gasteiger partial charge is 0.338 e. The van der Waals surface area contributed by atoms with Gasteiger partial charge in [-0.2, -0.15) is 0 Å². The number of nitrogens with one attached hydrogen (secondary N) is 3. The van der Waals surface area contributed by atoms with Gasteiger partial charge in [0.1, 0.15) is 0 Å². The van der Waals surface area contributed by atoms with Crippen molar-refractivity contribution in [1.82, 2.24) is 0 Å². The van der Waals surface area contributed by atoms with Crippen LogP contribution in [0.4, 0.5) is 17.1 Å². The van der Waals surface area contributed by atoms with Crippen molar-refractivity contribution in [2.45, 2.75) is 13.3 Å². The Labute approximate surface area is 186 Å². The zero-order chi connectivity index (χ0) is 22.1. The number of anilines is 3. The summed E-state index contributed by atoms with van der Waals surface area (Å²) in [5.74, 6) is -0.620. The number of hydrogen-bond acceptors (Lipinski definition) is 5. The number of ether oxygens (including phenoxy) is 1. The molecule has 1 amide bonds. The van der Waals surface area contributed by atoms with Crippen LogP contribution in [0.2, 0.25) is 0 Å². The zero-order valence-electron chi connectivity index (χ0n) is 17.7. The van der Waals surface area contributed by atoms with Gasteiger partial charge in [-0.1, -0.05) is 36.4 Å². The summed E-state index contributed by atoms with van der Waals surface area (Å²) < 4.78 is 5.09. The Bertz CT molecular complexity index is 1250. The maximum atomic E-state index is 13.1. The van der Waals surface area contributed by atoms with Crippen LogP contribution in [0.3, 0.4) is 0 Å². The fourth-order valence-corrected chi connectivity index (χ4v) is 4.17. The molecule has 6 nitrogen and oxygen atoms in total. The number of carbonyl (C=O) groups excluding carboxylic acids is 2. The molecule has 2 aliphatic rings. The highest BCUT2D eigenvalue weighted by atomic mass is 16.5. The quantitative estimate of drug-likeness (QED) is 0.406. The summed E-state index contributed by atoms with van der Waals surface area (Å²) in [4.78, 5) is 25.2. The Morgan fingerprint density at radius 1 is 1.00 bits per heavy atom. The average molecular weight is 425 g/mol. The monoisotopic (exact) mass is 425 g/mol. The lowest BCUT2D eigenvalue weighted by Gasteiger charge is -2.15. The Morgan fingerprint density at radius 2 is 1.84 bits per heavy atom. The molecule has 0 aliphatic carbocycles. The van der Waals surface area contributed by atoms with Gasteiger partial charge in [0, 0.05) is 23.5 Å². The van der Waals surface area contributed by atoms with Crippen molar-refractivity contribution in [2.75, 3.05) is 29.1 Å². The molecule has 0 radical (unpaired) electrons. The molecule has 0 saturated carbocycles. The molecule has 160 valence electrons. The fourth-order valence-electron chi connectivity index (χ4n) is 4.17. The molecule has 6 heteroatoms. The lowest BCUT2D eigenvalue weighted by Crippen LogP contribution is -2.10. The predicted molar refractivity (Wildman–Crippen MR) is 127 cm³/mol. The molecular weight excluding hydrogens is 402 g/mol. The van der Waals surface area contributed by atoms with E-state index in [1.807, 2.05) is 36.4 Å². The van der Waals surface area contributed by atoms with Gasteiger partial charge in [-0.15, -0.1) is 0 Å². The standard InChI is InChI=1S/C26H23N3O3/c1-2-32-26(31)18-8-10-20-22(15-18)29-25(30)23(20)24(16-6-4-3-5-7-16)28-19-9-11-21-17(14-19)12-13-27-21/h3-11,14-15,27-28H,2,12-13H2,1H3,(H,29,30)/b24-23-. The molecule has 3 aromatic carbocycles. The summed E-state index contributed by atoms with van der Waals surface area (Å²) in [6.45, 7) is 3.00. The van der Waals surface area contributed by atoms with E-state index in [1.54, 1.807) is 25.1 Å². The molecule has 5 rings (SSSR count). The van der Waals surface area contributed by atoms with Gasteiger partial charge in [-0.25, -0.2) is 4.79 Å². The maximum absolute atomic E-state index is 13.1. The third-order valence-corrected chi connectivity index (χ3v) is 5.67. The molecule has 0 saturated heterocycles. The first-order valence-corrected chi connectivity index (χ1v) is 10.7. The van der Waals surface area contributed by atoms with Crippen LogP contribution in [0.5, 0.6) is 0 Å². The first kappa shape index (κ1) is 19.9. The van der Waals surface area contributed by atoms with Gasteiger partial charge >= 0.3 is 5.97 Å². The average Bonchev–Trinajstić information content (AvgIpc) is 3.40. The summed E-state index contributed by atoms with van der Waals surface area (Å²) in [6, 6.07) is 21.1. The van der Waals surface area contributed by atoms with E-state index in [0.29, 0.717) is 23.4 Å². The van der Waals surface area contributed by atoms with Crippen molar-refractivity contribution >= 4 is 40.2 Å². The molecular formula is C26H23N3O3. The van der Waals surface area contributed by atoms with E-state index in [4.69, 9.17) is 4.74 Å². The minimum atomic E-state index is -0.407. The van der Waals surface area contributed by atoms with Crippen molar-refractivity contribution < 1.29 is 14.3 Å². The molecule has 0 spiro atoms. The number of fused-ring (bicyclic) bond motifs is 2. The number of benzene rings is 3. The summed E-state index contributed by atoms with van der Waals surface area (Å²) >= 11 is 0. The lowest BCUT2D eigenvalue weighted by molar-refractivity contribution is -0.110. The summed E-state index contributed by atoms with van der Waals surface area (Å²) in [7, 11) is 0. The molecule has 0 unspecified atom stereocenters. The van der Waals surface area contributed by atoms with Crippen LogP contribution < -0.4 is 16.0 Å². The first-order valence-electron chi connectivity index (χ1n) is 10.7. The van der Waals surface area contributed by atoms with Crippen LogP contribution in [0.1, 0.15) is 34.0 Å². The zero-order valence-corrected chi connectivity index (χ0v) is 17.7. The topological polar surface area (TPSA) is 79.5 Å². The van der Waals surface area contributed by atoms with Crippen LogP contribution in [-0.4, -0.2) is 25.0 Å². The second kappa shape index (κ2) is 8.23. The summed E-state index contributed by atoms with van der Waals surface area (Å²) in [5, 5.41) is 9.77. The second-order valence-electron chi connectivity index (χ2n) is 7.72. The van der Waals surface area contributed by atoms with E-state index in [2.05, 4.69) is 28.1 Å². The number of hydrogen-bond donors (Lipinski definition) is 3.